The van der Waals surface area contributed by atoms with Gasteiger partial charge in [-0.3, -0.25) is 13.8 Å². The van der Waals surface area contributed by atoms with Gasteiger partial charge in [-0.15, -0.1) is 0 Å². The highest BCUT2D eigenvalue weighted by molar-refractivity contribution is 7.85. The number of carbonyl (C=O) groups is 2. The van der Waals surface area contributed by atoms with Crippen molar-refractivity contribution >= 4 is 22.7 Å². The summed E-state index contributed by atoms with van der Waals surface area (Å²) in [5, 5.41) is 0. The molecule has 1 aliphatic rings. The highest BCUT2D eigenvalue weighted by Crippen LogP contribution is 2.32. The zero-order valence-electron chi connectivity index (χ0n) is 13.2. The van der Waals surface area contributed by atoms with Crippen molar-refractivity contribution in [3.63, 3.8) is 0 Å². The van der Waals surface area contributed by atoms with E-state index in [0.717, 1.165) is 0 Å². The molecule has 0 spiro atoms. The van der Waals surface area contributed by atoms with Gasteiger partial charge in [0.15, 0.2) is 5.92 Å². The first-order chi connectivity index (χ1) is 9.70. The summed E-state index contributed by atoms with van der Waals surface area (Å²) in [6.07, 6.45) is 0.0167. The standard InChI is InChI=1S/C14H24O6S/c1-14(2,3)9-7-20-11(21(17)8-9)6-10(12(15)18-4)13(16)19-5/h9-11H,6-8H2,1-5H3/t9-,11-,21?/m0/s1. The van der Waals surface area contributed by atoms with Crippen molar-refractivity contribution in [1.82, 2.24) is 0 Å². The molecule has 1 fully saturated rings. The van der Waals surface area contributed by atoms with Crippen LogP contribution in [0.25, 0.3) is 0 Å². The number of hydrogen-bond acceptors (Lipinski definition) is 6. The molecule has 1 aliphatic heterocycles. The molecule has 0 bridgehead atoms. The normalized spacial score (nSPS) is 26.5. The molecule has 122 valence electrons. The van der Waals surface area contributed by atoms with E-state index >= 15 is 0 Å². The van der Waals surface area contributed by atoms with E-state index in [9.17, 15) is 13.8 Å². The second-order valence-corrected chi connectivity index (χ2v) is 7.83. The van der Waals surface area contributed by atoms with E-state index in [1.807, 2.05) is 0 Å². The lowest BCUT2D eigenvalue weighted by Crippen LogP contribution is -2.42. The molecule has 0 amide bonds. The van der Waals surface area contributed by atoms with E-state index in [2.05, 4.69) is 30.2 Å². The van der Waals surface area contributed by atoms with Gasteiger partial charge in [0.05, 0.1) is 31.6 Å². The molecule has 1 unspecified atom stereocenters. The van der Waals surface area contributed by atoms with Crippen molar-refractivity contribution in [3.8, 4) is 0 Å². The third-order valence-corrected chi connectivity index (χ3v) is 5.41. The zero-order valence-corrected chi connectivity index (χ0v) is 14.0. The minimum absolute atomic E-state index is 0.00469. The molecule has 0 aromatic carbocycles. The number of methoxy groups -OCH3 is 2. The van der Waals surface area contributed by atoms with Crippen LogP contribution in [0.1, 0.15) is 27.2 Å². The summed E-state index contributed by atoms with van der Waals surface area (Å²) in [5.74, 6) is -1.80. The molecular weight excluding hydrogens is 296 g/mol. The van der Waals surface area contributed by atoms with Gasteiger partial charge in [-0.2, -0.15) is 0 Å². The van der Waals surface area contributed by atoms with Crippen molar-refractivity contribution in [3.05, 3.63) is 0 Å². The lowest BCUT2D eigenvalue weighted by atomic mass is 9.82. The minimum atomic E-state index is -1.25. The summed E-state index contributed by atoms with van der Waals surface area (Å²) in [6, 6.07) is 0. The van der Waals surface area contributed by atoms with Crippen LogP contribution in [0.2, 0.25) is 0 Å². The summed E-state index contributed by atoms with van der Waals surface area (Å²) in [4.78, 5) is 23.3. The van der Waals surface area contributed by atoms with Crippen LogP contribution in [0.5, 0.6) is 0 Å². The summed E-state index contributed by atoms with van der Waals surface area (Å²) in [5.41, 5.74) is -0.642. The molecule has 6 nitrogen and oxygen atoms in total. The molecule has 0 radical (unpaired) electrons. The fraction of sp³-hybridized carbons (Fsp3) is 0.857. The molecule has 1 rings (SSSR count). The minimum Gasteiger partial charge on any atom is -0.468 e. The number of ether oxygens (including phenoxy) is 3. The van der Waals surface area contributed by atoms with E-state index in [-0.39, 0.29) is 17.8 Å². The Morgan fingerprint density at radius 1 is 1.24 bits per heavy atom. The van der Waals surface area contributed by atoms with Crippen LogP contribution in [0.3, 0.4) is 0 Å². The van der Waals surface area contributed by atoms with E-state index in [1.54, 1.807) is 0 Å². The van der Waals surface area contributed by atoms with Gasteiger partial charge in [0.2, 0.25) is 0 Å². The summed E-state index contributed by atoms with van der Waals surface area (Å²) in [6.45, 7) is 6.69. The first kappa shape index (κ1) is 18.1. The van der Waals surface area contributed by atoms with Gasteiger partial charge in [0.1, 0.15) is 5.44 Å². The molecular formula is C14H24O6S. The Morgan fingerprint density at radius 2 is 1.76 bits per heavy atom. The van der Waals surface area contributed by atoms with Crippen molar-refractivity contribution in [2.45, 2.75) is 32.6 Å². The smallest absolute Gasteiger partial charge is 0.320 e. The average Bonchev–Trinajstić information content (AvgIpc) is 2.43. The Labute approximate surface area is 128 Å². The highest BCUT2D eigenvalue weighted by atomic mass is 32.2. The molecule has 1 saturated heterocycles. The van der Waals surface area contributed by atoms with E-state index in [1.165, 1.54) is 14.2 Å². The molecule has 0 N–H and O–H groups in total. The maximum atomic E-state index is 12.3. The third-order valence-electron chi connectivity index (χ3n) is 3.77. The van der Waals surface area contributed by atoms with Crippen molar-refractivity contribution in [2.24, 2.45) is 17.3 Å². The third kappa shape index (κ3) is 4.78. The van der Waals surface area contributed by atoms with Crippen molar-refractivity contribution in [2.75, 3.05) is 26.6 Å². The quantitative estimate of drug-likeness (QED) is 0.570. The number of hydrogen-bond donors (Lipinski definition) is 0. The van der Waals surface area contributed by atoms with Gasteiger partial charge in [0.25, 0.3) is 0 Å². The molecule has 3 atom stereocenters. The Hall–Kier alpha value is -0.950. The summed E-state index contributed by atoms with van der Waals surface area (Å²) < 4.78 is 27.1. The maximum absolute atomic E-state index is 12.3. The Balaban J connectivity index is 2.72. The average molecular weight is 320 g/mol. The van der Waals surface area contributed by atoms with Crippen LogP contribution in [0.15, 0.2) is 0 Å². The van der Waals surface area contributed by atoms with Crippen LogP contribution in [-0.4, -0.2) is 48.2 Å². The van der Waals surface area contributed by atoms with E-state index < -0.39 is 34.1 Å². The molecule has 0 aromatic rings. The van der Waals surface area contributed by atoms with Crippen LogP contribution in [0.4, 0.5) is 0 Å². The monoisotopic (exact) mass is 320 g/mol. The van der Waals surface area contributed by atoms with Crippen LogP contribution in [-0.2, 0) is 34.6 Å². The first-order valence-corrected chi connectivity index (χ1v) is 8.23. The van der Waals surface area contributed by atoms with Crippen LogP contribution >= 0.6 is 0 Å². The fourth-order valence-electron chi connectivity index (χ4n) is 2.09. The first-order valence-electron chi connectivity index (χ1n) is 6.85. The van der Waals surface area contributed by atoms with E-state index in [4.69, 9.17) is 4.74 Å². The Morgan fingerprint density at radius 3 is 2.14 bits per heavy atom. The predicted octanol–water partition coefficient (Wildman–Crippen LogP) is 1.11. The van der Waals surface area contributed by atoms with Gasteiger partial charge in [0, 0.05) is 12.2 Å². The number of carbonyl (C=O) groups excluding carboxylic acids is 2. The van der Waals surface area contributed by atoms with Crippen molar-refractivity contribution in [1.29, 1.82) is 0 Å². The van der Waals surface area contributed by atoms with Gasteiger partial charge < -0.3 is 14.2 Å². The Bertz CT molecular complexity index is 398. The summed E-state index contributed by atoms with van der Waals surface area (Å²) >= 11 is 0. The lowest BCUT2D eigenvalue weighted by Gasteiger charge is -2.36. The topological polar surface area (TPSA) is 78.9 Å². The van der Waals surface area contributed by atoms with Gasteiger partial charge in [-0.05, 0) is 11.3 Å². The SMILES string of the molecule is COC(=O)C(C[C@H]1OC[C@H](C(C)(C)C)CS1=O)C(=O)OC. The predicted molar refractivity (Wildman–Crippen MR) is 77.8 cm³/mol. The molecule has 0 aromatic heterocycles. The second-order valence-electron chi connectivity index (χ2n) is 6.21. The van der Waals surface area contributed by atoms with Gasteiger partial charge >= 0.3 is 11.9 Å². The lowest BCUT2D eigenvalue weighted by molar-refractivity contribution is -0.160. The molecule has 0 saturated carbocycles. The highest BCUT2D eigenvalue weighted by Gasteiger charge is 2.39. The molecule has 0 aliphatic carbocycles. The van der Waals surface area contributed by atoms with Gasteiger partial charge in [-0.25, -0.2) is 0 Å². The molecule has 21 heavy (non-hydrogen) atoms. The number of rotatable bonds is 4. The molecule has 1 heterocycles. The van der Waals surface area contributed by atoms with E-state index in [0.29, 0.717) is 12.4 Å². The summed E-state index contributed by atoms with van der Waals surface area (Å²) in [7, 11) is 1.15. The zero-order chi connectivity index (χ0) is 16.2. The number of esters is 2. The van der Waals surface area contributed by atoms with Crippen LogP contribution in [0, 0.1) is 17.3 Å². The Kier molecular flexibility index (Phi) is 6.34. The van der Waals surface area contributed by atoms with Crippen LogP contribution < -0.4 is 0 Å². The second kappa shape index (κ2) is 7.35. The van der Waals surface area contributed by atoms with Gasteiger partial charge in [-0.1, -0.05) is 20.8 Å². The van der Waals surface area contributed by atoms with Crippen molar-refractivity contribution < 1.29 is 28.0 Å². The largest absolute Gasteiger partial charge is 0.468 e. The molecule has 7 heteroatoms. The maximum Gasteiger partial charge on any atom is 0.320 e. The fourth-order valence-corrected chi connectivity index (χ4v) is 3.94.